The quantitative estimate of drug-likeness (QED) is 0.774. The topological polar surface area (TPSA) is 55.8 Å². The number of carbonyl (C=O) groups excluding carboxylic acids is 2. The highest BCUT2D eigenvalue weighted by Gasteiger charge is 2.32. The van der Waals surface area contributed by atoms with Crippen molar-refractivity contribution in [2.75, 3.05) is 26.3 Å². The van der Waals surface area contributed by atoms with Crippen molar-refractivity contribution in [1.82, 2.24) is 4.90 Å². The van der Waals surface area contributed by atoms with E-state index in [9.17, 15) is 9.59 Å². The van der Waals surface area contributed by atoms with Crippen molar-refractivity contribution < 1.29 is 19.1 Å². The second-order valence-electron chi connectivity index (χ2n) is 5.50. The highest BCUT2D eigenvalue weighted by Crippen LogP contribution is 2.17. The molecule has 0 aromatic carbocycles. The smallest absolute Gasteiger partial charge is 0.410 e. The minimum atomic E-state index is -0.506. The van der Waals surface area contributed by atoms with Crippen molar-refractivity contribution in [2.45, 2.75) is 39.7 Å². The Morgan fingerprint density at radius 2 is 2.11 bits per heavy atom. The summed E-state index contributed by atoms with van der Waals surface area (Å²) in [6.07, 6.45) is 0.0354. The third-order valence-corrected chi connectivity index (χ3v) is 2.70. The van der Waals surface area contributed by atoms with E-state index in [0.717, 1.165) is 0 Å². The van der Waals surface area contributed by atoms with Crippen LogP contribution in [0.2, 0.25) is 0 Å². The molecule has 0 saturated carbocycles. The molecule has 0 radical (unpaired) electrons. The molecule has 104 valence electrons. The molecule has 1 atom stereocenters. The van der Waals surface area contributed by atoms with Crippen LogP contribution in [0.1, 0.15) is 34.1 Å². The van der Waals surface area contributed by atoms with Gasteiger partial charge in [0.2, 0.25) is 0 Å². The van der Waals surface area contributed by atoms with Gasteiger partial charge in [-0.1, -0.05) is 0 Å². The normalized spacial score (nSPS) is 21.0. The van der Waals surface area contributed by atoms with E-state index in [4.69, 9.17) is 9.47 Å². The molecule has 1 unspecified atom stereocenters. The van der Waals surface area contributed by atoms with Crippen molar-refractivity contribution in [3.05, 3.63) is 0 Å². The maximum Gasteiger partial charge on any atom is 0.410 e. The molecule has 0 aliphatic carbocycles. The van der Waals surface area contributed by atoms with Crippen LogP contribution in [-0.4, -0.2) is 48.7 Å². The lowest BCUT2D eigenvalue weighted by Crippen LogP contribution is -2.47. The Kier molecular flexibility index (Phi) is 5.14. The summed E-state index contributed by atoms with van der Waals surface area (Å²) in [7, 11) is 0. The zero-order chi connectivity index (χ0) is 13.8. The van der Waals surface area contributed by atoms with Crippen LogP contribution in [-0.2, 0) is 14.3 Å². The van der Waals surface area contributed by atoms with Gasteiger partial charge < -0.3 is 14.4 Å². The van der Waals surface area contributed by atoms with Gasteiger partial charge in [-0.05, 0) is 27.7 Å². The maximum absolute atomic E-state index is 11.9. The fourth-order valence-corrected chi connectivity index (χ4v) is 1.81. The molecule has 0 aromatic rings. The van der Waals surface area contributed by atoms with Crippen LogP contribution >= 0.6 is 0 Å². The van der Waals surface area contributed by atoms with Gasteiger partial charge in [0.15, 0.2) is 0 Å². The van der Waals surface area contributed by atoms with Gasteiger partial charge in [-0.25, -0.2) is 4.79 Å². The van der Waals surface area contributed by atoms with Gasteiger partial charge in [-0.2, -0.15) is 0 Å². The molecule has 1 aliphatic heterocycles. The highest BCUT2D eigenvalue weighted by molar-refractivity contribution is 5.84. The number of likely N-dealkylation sites (tertiary alicyclic amines) is 1. The van der Waals surface area contributed by atoms with E-state index in [0.29, 0.717) is 32.7 Å². The second-order valence-corrected chi connectivity index (χ2v) is 5.50. The van der Waals surface area contributed by atoms with Crippen LogP contribution in [0.25, 0.3) is 0 Å². The zero-order valence-corrected chi connectivity index (χ0v) is 11.7. The number of nitrogens with zero attached hydrogens (tertiary/aromatic N) is 1. The highest BCUT2D eigenvalue weighted by atomic mass is 16.6. The van der Waals surface area contributed by atoms with E-state index in [2.05, 4.69) is 0 Å². The minimum Gasteiger partial charge on any atom is -0.444 e. The third-order valence-electron chi connectivity index (χ3n) is 2.70. The lowest BCUT2D eigenvalue weighted by Gasteiger charge is -2.33. The van der Waals surface area contributed by atoms with E-state index in [-0.39, 0.29) is 17.8 Å². The molecule has 1 fully saturated rings. The fourth-order valence-electron chi connectivity index (χ4n) is 1.81. The van der Waals surface area contributed by atoms with Gasteiger partial charge in [0, 0.05) is 26.1 Å². The third kappa shape index (κ3) is 4.64. The SMILES string of the molecule is CCOCC1CN(C(=O)OC(C)(C)C)CCC1=O. The minimum absolute atomic E-state index is 0.170. The van der Waals surface area contributed by atoms with Gasteiger partial charge in [0.25, 0.3) is 0 Å². The number of piperidine rings is 1. The summed E-state index contributed by atoms with van der Waals surface area (Å²) in [5.41, 5.74) is -0.506. The molecule has 1 aliphatic rings. The van der Waals surface area contributed by atoms with Crippen LogP contribution in [0.3, 0.4) is 0 Å². The van der Waals surface area contributed by atoms with Gasteiger partial charge >= 0.3 is 6.09 Å². The Balaban J connectivity index is 2.53. The number of hydrogen-bond donors (Lipinski definition) is 0. The molecule has 1 saturated heterocycles. The molecule has 1 rings (SSSR count). The summed E-state index contributed by atoms with van der Waals surface area (Å²) in [6.45, 7) is 9.18. The molecule has 0 N–H and O–H groups in total. The molecule has 1 amide bonds. The summed E-state index contributed by atoms with van der Waals surface area (Å²) in [5, 5.41) is 0. The van der Waals surface area contributed by atoms with E-state index in [1.165, 1.54) is 0 Å². The first-order valence-corrected chi connectivity index (χ1v) is 6.42. The summed E-state index contributed by atoms with van der Waals surface area (Å²) in [6, 6.07) is 0. The largest absolute Gasteiger partial charge is 0.444 e. The predicted octanol–water partition coefficient (Wildman–Crippen LogP) is 1.85. The molecule has 0 aromatic heterocycles. The number of amides is 1. The molecule has 5 heteroatoms. The van der Waals surface area contributed by atoms with Crippen molar-refractivity contribution in [2.24, 2.45) is 5.92 Å². The predicted molar refractivity (Wildman–Crippen MR) is 67.4 cm³/mol. The average Bonchev–Trinajstić information content (AvgIpc) is 2.25. The second kappa shape index (κ2) is 6.18. The molecule has 0 bridgehead atoms. The molecular formula is C13H23NO4. The van der Waals surface area contributed by atoms with Crippen LogP contribution in [0.15, 0.2) is 0 Å². The monoisotopic (exact) mass is 257 g/mol. The van der Waals surface area contributed by atoms with Gasteiger partial charge in [-0.15, -0.1) is 0 Å². The first-order valence-electron chi connectivity index (χ1n) is 6.42. The summed E-state index contributed by atoms with van der Waals surface area (Å²) in [5.74, 6) is -0.0468. The Morgan fingerprint density at radius 1 is 1.44 bits per heavy atom. The van der Waals surface area contributed by atoms with E-state index >= 15 is 0 Å². The maximum atomic E-state index is 11.9. The van der Waals surface area contributed by atoms with Crippen LogP contribution in [0.4, 0.5) is 4.79 Å². The van der Waals surface area contributed by atoms with Crippen LogP contribution < -0.4 is 0 Å². The first kappa shape index (κ1) is 15.0. The molecule has 0 spiro atoms. The molecule has 5 nitrogen and oxygen atoms in total. The van der Waals surface area contributed by atoms with Crippen molar-refractivity contribution in [3.8, 4) is 0 Å². The average molecular weight is 257 g/mol. The lowest BCUT2D eigenvalue weighted by molar-refractivity contribution is -0.128. The number of ether oxygens (including phenoxy) is 2. The van der Waals surface area contributed by atoms with Gasteiger partial charge in [-0.3, -0.25) is 4.79 Å². The summed E-state index contributed by atoms with van der Waals surface area (Å²) in [4.78, 5) is 25.2. The lowest BCUT2D eigenvalue weighted by atomic mass is 9.98. The molecule has 18 heavy (non-hydrogen) atoms. The Bertz CT molecular complexity index is 309. The van der Waals surface area contributed by atoms with E-state index in [1.807, 2.05) is 27.7 Å². The summed E-state index contributed by atoms with van der Waals surface area (Å²) < 4.78 is 10.6. The van der Waals surface area contributed by atoms with Gasteiger partial charge in [0.1, 0.15) is 11.4 Å². The van der Waals surface area contributed by atoms with E-state index in [1.54, 1.807) is 4.90 Å². The van der Waals surface area contributed by atoms with Gasteiger partial charge in [0.05, 0.1) is 12.5 Å². The van der Waals surface area contributed by atoms with Crippen molar-refractivity contribution in [1.29, 1.82) is 0 Å². The van der Waals surface area contributed by atoms with E-state index < -0.39 is 5.60 Å². The van der Waals surface area contributed by atoms with Crippen LogP contribution in [0.5, 0.6) is 0 Å². The summed E-state index contributed by atoms with van der Waals surface area (Å²) >= 11 is 0. The van der Waals surface area contributed by atoms with Crippen molar-refractivity contribution in [3.63, 3.8) is 0 Å². The number of carbonyl (C=O) groups is 2. The Morgan fingerprint density at radius 3 is 2.67 bits per heavy atom. The van der Waals surface area contributed by atoms with Crippen molar-refractivity contribution >= 4 is 11.9 Å². The standard InChI is InChI=1S/C13H23NO4/c1-5-17-9-10-8-14(7-6-11(10)15)12(16)18-13(2,3)4/h10H,5-9H2,1-4H3. The number of Topliss-reactive ketones (excluding diaryl/α,β-unsaturated/α-hetero) is 1. The number of hydrogen-bond acceptors (Lipinski definition) is 4. The Hall–Kier alpha value is -1.10. The Labute approximate surface area is 108 Å². The molecule has 1 heterocycles. The zero-order valence-electron chi connectivity index (χ0n) is 11.7. The molecular weight excluding hydrogens is 234 g/mol. The number of rotatable bonds is 3. The van der Waals surface area contributed by atoms with Crippen LogP contribution in [0, 0.1) is 5.92 Å². The number of ketones is 1. The first-order chi connectivity index (χ1) is 8.33. The fraction of sp³-hybridized carbons (Fsp3) is 0.846.